The predicted molar refractivity (Wildman–Crippen MR) is 49.6 cm³/mol. The van der Waals surface area contributed by atoms with Crippen LogP contribution in [0.1, 0.15) is 16.8 Å². The first-order valence-corrected chi connectivity index (χ1v) is 4.12. The fraction of sp³-hybridized carbons (Fsp3) is 0.200. The number of benzene rings is 1. The van der Waals surface area contributed by atoms with Crippen molar-refractivity contribution in [2.24, 2.45) is 0 Å². The van der Waals surface area contributed by atoms with Gasteiger partial charge in [-0.3, -0.25) is 9.59 Å². The Labute approximate surface area is 81.1 Å². The van der Waals surface area contributed by atoms with Gasteiger partial charge >= 0.3 is 5.97 Å². The van der Waals surface area contributed by atoms with Crippen molar-refractivity contribution >= 4 is 12.3 Å². The van der Waals surface area contributed by atoms with E-state index in [1.165, 1.54) is 0 Å². The molecule has 0 aliphatic rings. The molecule has 4 nitrogen and oxygen atoms in total. The maximum Gasteiger partial charge on any atom is 0.306 e. The lowest BCUT2D eigenvalue weighted by Crippen LogP contribution is -2.04. The van der Waals surface area contributed by atoms with E-state index in [9.17, 15) is 9.59 Å². The maximum absolute atomic E-state index is 10.4. The van der Waals surface area contributed by atoms with E-state index in [-0.39, 0.29) is 13.0 Å². The van der Waals surface area contributed by atoms with Crippen LogP contribution in [0, 0.1) is 0 Å². The van der Waals surface area contributed by atoms with Crippen molar-refractivity contribution in [3.05, 3.63) is 29.8 Å². The second-order valence-electron chi connectivity index (χ2n) is 2.68. The zero-order chi connectivity index (χ0) is 10.4. The highest BCUT2D eigenvalue weighted by molar-refractivity contribution is 5.75. The van der Waals surface area contributed by atoms with Crippen LogP contribution in [0.15, 0.2) is 24.3 Å². The van der Waals surface area contributed by atoms with Crippen LogP contribution in [0.2, 0.25) is 0 Å². The molecular weight excluding hydrogens is 184 g/mol. The average molecular weight is 194 g/mol. The van der Waals surface area contributed by atoms with Crippen LogP contribution in [-0.2, 0) is 4.79 Å². The molecule has 4 heteroatoms. The van der Waals surface area contributed by atoms with E-state index in [1.54, 1.807) is 24.3 Å². The molecule has 1 aromatic rings. The van der Waals surface area contributed by atoms with E-state index in [1.807, 2.05) is 0 Å². The average Bonchev–Trinajstić information content (AvgIpc) is 2.18. The van der Waals surface area contributed by atoms with E-state index in [2.05, 4.69) is 0 Å². The molecule has 0 aromatic heterocycles. The number of carbonyl (C=O) groups excluding carboxylic acids is 1. The molecule has 0 unspecified atom stereocenters. The molecule has 0 radical (unpaired) electrons. The molecular formula is C10H10O4. The Morgan fingerprint density at radius 3 is 2.93 bits per heavy atom. The Bertz CT molecular complexity index is 333. The van der Waals surface area contributed by atoms with Gasteiger partial charge in [0.05, 0.1) is 13.0 Å². The standard InChI is InChI=1S/C10H10O4/c11-7-8-2-1-3-9(6-8)14-5-4-10(12)13/h1-3,6-7H,4-5H2,(H,12,13). The number of ether oxygens (including phenoxy) is 1. The monoisotopic (exact) mass is 194 g/mol. The summed E-state index contributed by atoms with van der Waals surface area (Å²) in [5.74, 6) is -0.396. The van der Waals surface area contributed by atoms with Gasteiger partial charge in [0.25, 0.3) is 0 Å². The summed E-state index contributed by atoms with van der Waals surface area (Å²) in [6.45, 7) is 0.109. The Kier molecular flexibility index (Phi) is 3.67. The fourth-order valence-corrected chi connectivity index (χ4v) is 0.934. The summed E-state index contributed by atoms with van der Waals surface area (Å²) in [5, 5.41) is 8.36. The van der Waals surface area contributed by atoms with Crippen molar-refractivity contribution in [1.29, 1.82) is 0 Å². The van der Waals surface area contributed by atoms with Crippen LogP contribution in [0.25, 0.3) is 0 Å². The lowest BCUT2D eigenvalue weighted by atomic mass is 10.2. The summed E-state index contributed by atoms with van der Waals surface area (Å²) in [4.78, 5) is 20.6. The first-order chi connectivity index (χ1) is 6.72. The Balaban J connectivity index is 2.50. The first kappa shape index (κ1) is 10.2. The molecule has 0 bridgehead atoms. The molecule has 0 aliphatic heterocycles. The number of carbonyl (C=O) groups is 2. The zero-order valence-corrected chi connectivity index (χ0v) is 7.47. The number of hydrogen-bond acceptors (Lipinski definition) is 3. The number of rotatable bonds is 5. The quantitative estimate of drug-likeness (QED) is 0.718. The molecule has 14 heavy (non-hydrogen) atoms. The van der Waals surface area contributed by atoms with Crippen molar-refractivity contribution in [3.63, 3.8) is 0 Å². The summed E-state index contributed by atoms with van der Waals surface area (Å²) in [5.41, 5.74) is 0.512. The molecule has 0 fully saturated rings. The maximum atomic E-state index is 10.4. The van der Waals surface area contributed by atoms with Gasteiger partial charge < -0.3 is 9.84 Å². The lowest BCUT2D eigenvalue weighted by Gasteiger charge is -2.03. The zero-order valence-electron chi connectivity index (χ0n) is 7.47. The molecule has 0 saturated heterocycles. The van der Waals surface area contributed by atoms with Gasteiger partial charge in [-0.2, -0.15) is 0 Å². The van der Waals surface area contributed by atoms with E-state index >= 15 is 0 Å². The molecule has 1 rings (SSSR count). The summed E-state index contributed by atoms with van der Waals surface area (Å²) in [6, 6.07) is 6.57. The van der Waals surface area contributed by atoms with E-state index < -0.39 is 5.97 Å². The molecule has 0 amide bonds. The second kappa shape index (κ2) is 5.01. The number of hydrogen-bond donors (Lipinski definition) is 1. The van der Waals surface area contributed by atoms with Gasteiger partial charge in [-0.15, -0.1) is 0 Å². The molecule has 0 atom stereocenters. The number of aliphatic carboxylic acids is 1. The highest BCUT2D eigenvalue weighted by atomic mass is 16.5. The smallest absolute Gasteiger partial charge is 0.306 e. The number of aldehydes is 1. The number of carboxylic acids is 1. The third-order valence-corrected chi connectivity index (χ3v) is 1.58. The van der Waals surface area contributed by atoms with Crippen molar-refractivity contribution in [3.8, 4) is 5.75 Å². The Morgan fingerprint density at radius 1 is 1.50 bits per heavy atom. The Morgan fingerprint density at radius 2 is 2.29 bits per heavy atom. The topological polar surface area (TPSA) is 63.6 Å². The summed E-state index contributed by atoms with van der Waals surface area (Å²) in [6.07, 6.45) is 0.662. The predicted octanol–water partition coefficient (Wildman–Crippen LogP) is 1.35. The minimum atomic E-state index is -0.906. The molecule has 1 aromatic carbocycles. The van der Waals surface area contributed by atoms with Crippen LogP contribution in [0.4, 0.5) is 0 Å². The van der Waals surface area contributed by atoms with Crippen molar-refractivity contribution in [1.82, 2.24) is 0 Å². The lowest BCUT2D eigenvalue weighted by molar-refractivity contribution is -0.137. The van der Waals surface area contributed by atoms with E-state index in [0.717, 1.165) is 0 Å². The van der Waals surface area contributed by atoms with Gasteiger partial charge in [-0.1, -0.05) is 12.1 Å². The molecule has 0 heterocycles. The molecule has 74 valence electrons. The van der Waals surface area contributed by atoms with Crippen molar-refractivity contribution in [2.45, 2.75) is 6.42 Å². The van der Waals surface area contributed by atoms with Crippen LogP contribution in [0.3, 0.4) is 0 Å². The normalized spacial score (nSPS) is 9.43. The molecule has 0 spiro atoms. The summed E-state index contributed by atoms with van der Waals surface area (Å²) in [7, 11) is 0. The minimum Gasteiger partial charge on any atom is -0.493 e. The van der Waals surface area contributed by atoms with Gasteiger partial charge in [0.15, 0.2) is 0 Å². The van der Waals surface area contributed by atoms with E-state index in [0.29, 0.717) is 17.6 Å². The molecule has 1 N–H and O–H groups in total. The van der Waals surface area contributed by atoms with Gasteiger partial charge in [0.2, 0.25) is 0 Å². The highest BCUT2D eigenvalue weighted by Gasteiger charge is 1.98. The molecule has 0 aliphatic carbocycles. The fourth-order valence-electron chi connectivity index (χ4n) is 0.934. The Hall–Kier alpha value is -1.84. The van der Waals surface area contributed by atoms with Crippen LogP contribution < -0.4 is 4.74 Å². The van der Waals surface area contributed by atoms with Gasteiger partial charge in [0, 0.05) is 5.56 Å². The van der Waals surface area contributed by atoms with Gasteiger partial charge in [0.1, 0.15) is 12.0 Å². The van der Waals surface area contributed by atoms with E-state index in [4.69, 9.17) is 9.84 Å². The van der Waals surface area contributed by atoms with Gasteiger partial charge in [-0.05, 0) is 12.1 Å². The van der Waals surface area contributed by atoms with Crippen LogP contribution in [0.5, 0.6) is 5.75 Å². The van der Waals surface area contributed by atoms with Gasteiger partial charge in [-0.25, -0.2) is 0 Å². The first-order valence-electron chi connectivity index (χ1n) is 4.12. The van der Waals surface area contributed by atoms with Crippen molar-refractivity contribution < 1.29 is 19.4 Å². The van der Waals surface area contributed by atoms with Crippen molar-refractivity contribution in [2.75, 3.05) is 6.61 Å². The second-order valence-corrected chi connectivity index (χ2v) is 2.68. The molecule has 0 saturated carbocycles. The summed E-state index contributed by atoms with van der Waals surface area (Å²) >= 11 is 0. The summed E-state index contributed by atoms with van der Waals surface area (Å²) < 4.78 is 5.12. The number of carboxylic acid groups (broad SMARTS) is 1. The SMILES string of the molecule is O=Cc1cccc(OCCC(=O)O)c1. The third kappa shape index (κ3) is 3.26. The minimum absolute atomic E-state index is 0.0503. The van der Waals surface area contributed by atoms with Crippen LogP contribution >= 0.6 is 0 Å². The van der Waals surface area contributed by atoms with Crippen LogP contribution in [-0.4, -0.2) is 24.0 Å². The third-order valence-electron chi connectivity index (χ3n) is 1.58. The largest absolute Gasteiger partial charge is 0.493 e. The highest BCUT2D eigenvalue weighted by Crippen LogP contribution is 2.11.